The lowest BCUT2D eigenvalue weighted by Crippen LogP contribution is -2.09. The molecule has 0 saturated heterocycles. The summed E-state index contributed by atoms with van der Waals surface area (Å²) >= 11 is -1.34. The van der Waals surface area contributed by atoms with Crippen LogP contribution in [0.2, 0.25) is 0 Å². The number of hydrogen-bond donors (Lipinski definition) is 1. The van der Waals surface area contributed by atoms with Gasteiger partial charge in [0.1, 0.15) is 17.4 Å². The Hall–Kier alpha value is -2.69. The molecular formula is C18H12F2N2O2S. The van der Waals surface area contributed by atoms with Gasteiger partial charge in [0.25, 0.3) is 0 Å². The van der Waals surface area contributed by atoms with E-state index in [1.807, 2.05) is 6.07 Å². The summed E-state index contributed by atoms with van der Waals surface area (Å²) in [4.78, 5) is 15.5. The summed E-state index contributed by atoms with van der Waals surface area (Å²) in [6.07, 6.45) is 0. The Kier molecular flexibility index (Phi) is 4.57. The number of rotatable bonds is 3. The van der Waals surface area contributed by atoms with Gasteiger partial charge in [0.05, 0.1) is 33.8 Å². The third kappa shape index (κ3) is 3.14. The predicted molar refractivity (Wildman–Crippen MR) is 91.6 cm³/mol. The van der Waals surface area contributed by atoms with E-state index >= 15 is 0 Å². The molecule has 3 aromatic rings. The monoisotopic (exact) mass is 358 g/mol. The maximum Gasteiger partial charge on any atom is 0.192 e. The highest BCUT2D eigenvalue weighted by Crippen LogP contribution is 2.29. The van der Waals surface area contributed by atoms with Crippen molar-refractivity contribution < 1.29 is 13.3 Å². The first kappa shape index (κ1) is 17.1. The van der Waals surface area contributed by atoms with E-state index in [9.17, 15) is 18.1 Å². The van der Waals surface area contributed by atoms with Crippen molar-refractivity contribution in [3.63, 3.8) is 0 Å². The zero-order valence-electron chi connectivity index (χ0n) is 13.1. The maximum absolute atomic E-state index is 13.9. The number of benzene rings is 2. The summed E-state index contributed by atoms with van der Waals surface area (Å²) in [6.45, 7) is 1.74. The molecule has 0 aliphatic rings. The summed E-state index contributed by atoms with van der Waals surface area (Å²) in [6, 6.07) is 9.39. The summed E-state index contributed by atoms with van der Waals surface area (Å²) in [7, 11) is 0. The molecule has 0 spiro atoms. The van der Waals surface area contributed by atoms with Crippen molar-refractivity contribution >= 4 is 22.1 Å². The fourth-order valence-electron chi connectivity index (χ4n) is 2.62. The van der Waals surface area contributed by atoms with Crippen LogP contribution in [0.15, 0.2) is 46.1 Å². The molecule has 1 atom stereocenters. The zero-order chi connectivity index (χ0) is 18.1. The van der Waals surface area contributed by atoms with Gasteiger partial charge < -0.3 is 9.54 Å². The predicted octanol–water partition coefficient (Wildman–Crippen LogP) is 3.47. The van der Waals surface area contributed by atoms with E-state index in [1.165, 1.54) is 12.1 Å². The van der Waals surface area contributed by atoms with Crippen LogP contribution in [-0.2, 0) is 11.2 Å². The molecule has 1 aromatic heterocycles. The van der Waals surface area contributed by atoms with Crippen molar-refractivity contribution in [3.05, 3.63) is 63.8 Å². The Labute approximate surface area is 144 Å². The molecule has 0 aliphatic heterocycles. The number of H-pyrrole nitrogens is 1. The van der Waals surface area contributed by atoms with Crippen LogP contribution in [0.25, 0.3) is 22.2 Å². The molecule has 1 unspecified atom stereocenters. The van der Waals surface area contributed by atoms with Gasteiger partial charge in [-0.2, -0.15) is 5.26 Å². The lowest BCUT2D eigenvalue weighted by molar-refractivity contribution is 0.591. The highest BCUT2D eigenvalue weighted by atomic mass is 32.2. The van der Waals surface area contributed by atoms with Crippen LogP contribution in [0, 0.1) is 23.0 Å². The van der Waals surface area contributed by atoms with Crippen molar-refractivity contribution in [3.8, 4) is 17.3 Å². The molecule has 25 heavy (non-hydrogen) atoms. The van der Waals surface area contributed by atoms with Crippen LogP contribution in [0.3, 0.4) is 0 Å². The number of pyridine rings is 1. The number of nitrogens with one attached hydrogen (secondary N) is 1. The summed E-state index contributed by atoms with van der Waals surface area (Å²) in [5.41, 5.74) is 0.324. The van der Waals surface area contributed by atoms with Gasteiger partial charge in [-0.25, -0.2) is 8.78 Å². The normalized spacial score (nSPS) is 12.1. The van der Waals surface area contributed by atoms with Gasteiger partial charge in [0.2, 0.25) is 0 Å². The Bertz CT molecular complexity index is 1070. The third-order valence-corrected chi connectivity index (χ3v) is 5.12. The second kappa shape index (κ2) is 6.67. The molecule has 1 heterocycles. The zero-order valence-corrected chi connectivity index (χ0v) is 13.9. The molecule has 1 N–H and O–H groups in total. The van der Waals surface area contributed by atoms with Crippen molar-refractivity contribution in [1.82, 2.24) is 4.98 Å². The average molecular weight is 358 g/mol. The highest BCUT2D eigenvalue weighted by molar-refractivity contribution is 7.91. The van der Waals surface area contributed by atoms with Crippen LogP contribution >= 0.6 is 0 Å². The first-order chi connectivity index (χ1) is 11.9. The Morgan fingerprint density at radius 2 is 2.00 bits per heavy atom. The molecule has 0 aliphatic carbocycles. The molecule has 0 saturated carbocycles. The third-order valence-electron chi connectivity index (χ3n) is 3.75. The second-order valence-electron chi connectivity index (χ2n) is 5.31. The fourth-order valence-corrected chi connectivity index (χ4v) is 3.56. The number of nitrogens with zero attached hydrogens (tertiary/aromatic N) is 1. The molecule has 7 heteroatoms. The van der Waals surface area contributed by atoms with E-state index in [0.717, 1.165) is 12.1 Å². The number of hydrogen-bond acceptors (Lipinski definition) is 3. The standard InChI is InChI=1S/C18H12F2N2O2S/c1-2-25(24)17-4-3-10(9-21)5-12(17)14-8-16(23)18-13(20)6-11(19)7-15(18)22-14/h3-8H,2H2,1H3,(H,22,23). The molecule has 0 fully saturated rings. The van der Waals surface area contributed by atoms with Crippen molar-refractivity contribution in [1.29, 1.82) is 5.26 Å². The van der Waals surface area contributed by atoms with Crippen LogP contribution in [0.5, 0.6) is 0 Å². The quantitative estimate of drug-likeness (QED) is 0.728. The molecule has 0 amide bonds. The van der Waals surface area contributed by atoms with Crippen molar-refractivity contribution in [2.24, 2.45) is 0 Å². The van der Waals surface area contributed by atoms with Gasteiger partial charge >= 0.3 is 0 Å². The summed E-state index contributed by atoms with van der Waals surface area (Å²) < 4.78 is 39.6. The molecule has 0 bridgehead atoms. The van der Waals surface area contributed by atoms with Gasteiger partial charge in [-0.1, -0.05) is 0 Å². The maximum atomic E-state index is 13.9. The molecule has 4 nitrogen and oxygen atoms in total. The van der Waals surface area contributed by atoms with Crippen LogP contribution in [-0.4, -0.2) is 15.3 Å². The van der Waals surface area contributed by atoms with E-state index < -0.39 is 28.2 Å². The first-order valence-corrected chi connectivity index (χ1v) is 8.71. The first-order valence-electron chi connectivity index (χ1n) is 7.39. The minimum atomic E-state index is -1.34. The number of nitriles is 1. The topological polar surface area (TPSA) is 79.7 Å². The van der Waals surface area contributed by atoms with Crippen LogP contribution in [0.1, 0.15) is 12.5 Å². The summed E-state index contributed by atoms with van der Waals surface area (Å²) in [5.74, 6) is -1.42. The van der Waals surface area contributed by atoms with Gasteiger partial charge in [0, 0.05) is 12.1 Å². The van der Waals surface area contributed by atoms with Gasteiger partial charge in [0.15, 0.2) is 10.3 Å². The Balaban J connectivity index is 2.33. The van der Waals surface area contributed by atoms with Crippen LogP contribution < -0.4 is 5.43 Å². The van der Waals surface area contributed by atoms with E-state index in [0.29, 0.717) is 27.8 Å². The van der Waals surface area contributed by atoms with Gasteiger partial charge in [-0.3, -0.25) is 4.79 Å². The highest BCUT2D eigenvalue weighted by Gasteiger charge is 2.19. The summed E-state index contributed by atoms with van der Waals surface area (Å²) in [5, 5.41) is 8.85. The van der Waals surface area contributed by atoms with E-state index in [4.69, 9.17) is 5.26 Å². The molecule has 3 rings (SSSR count). The minimum absolute atomic E-state index is 0.00408. The van der Waals surface area contributed by atoms with E-state index in [1.54, 1.807) is 13.0 Å². The fraction of sp³-hybridized carbons (Fsp3) is 0.111. The lowest BCUT2D eigenvalue weighted by Gasteiger charge is -2.13. The lowest BCUT2D eigenvalue weighted by atomic mass is 10.1. The Morgan fingerprint density at radius 1 is 1.24 bits per heavy atom. The number of fused-ring (bicyclic) bond motifs is 1. The van der Waals surface area contributed by atoms with E-state index in [2.05, 4.69) is 4.98 Å². The molecular weight excluding hydrogens is 346 g/mol. The number of halogens is 2. The molecule has 0 radical (unpaired) electrons. The molecule has 126 valence electrons. The van der Waals surface area contributed by atoms with E-state index in [-0.39, 0.29) is 16.6 Å². The number of aromatic nitrogens is 1. The SMILES string of the molecule is CC[S+]([O-])c1ccc(C#N)cc1-c1cc(=O)c2c(F)cc(F)cc2[nH]1. The van der Waals surface area contributed by atoms with Gasteiger partial charge in [-0.15, -0.1) is 0 Å². The van der Waals surface area contributed by atoms with Gasteiger partial charge in [-0.05, 0) is 42.4 Å². The van der Waals surface area contributed by atoms with Crippen LogP contribution in [0.4, 0.5) is 8.78 Å². The number of aromatic amines is 1. The second-order valence-corrected chi connectivity index (χ2v) is 7.02. The average Bonchev–Trinajstić information content (AvgIpc) is 2.59. The smallest absolute Gasteiger partial charge is 0.192 e. The van der Waals surface area contributed by atoms with Crippen molar-refractivity contribution in [2.75, 3.05) is 5.75 Å². The Morgan fingerprint density at radius 3 is 2.68 bits per heavy atom. The molecule has 2 aromatic carbocycles. The van der Waals surface area contributed by atoms with Crippen molar-refractivity contribution in [2.45, 2.75) is 11.8 Å². The minimum Gasteiger partial charge on any atom is -0.611 e. The largest absolute Gasteiger partial charge is 0.611 e.